The van der Waals surface area contributed by atoms with Crippen LogP contribution in [-0.2, 0) is 11.2 Å². The minimum Gasteiger partial charge on any atom is -0.493 e. The summed E-state index contributed by atoms with van der Waals surface area (Å²) in [6, 6.07) is 8.87. The molecule has 132 valence electrons. The third kappa shape index (κ3) is 2.95. The van der Waals surface area contributed by atoms with Gasteiger partial charge in [-0.2, -0.15) is 0 Å². The quantitative estimate of drug-likeness (QED) is 0.831. The lowest BCUT2D eigenvalue weighted by atomic mass is 9.95. The Hall–Kier alpha value is -2.89. The first kappa shape index (κ1) is 17.0. The van der Waals surface area contributed by atoms with Gasteiger partial charge < -0.3 is 23.7 Å². The summed E-state index contributed by atoms with van der Waals surface area (Å²) in [6.07, 6.45) is -0.500. The van der Waals surface area contributed by atoms with Gasteiger partial charge in [-0.3, -0.25) is 4.79 Å². The lowest BCUT2D eigenvalue weighted by Gasteiger charge is -2.27. The Morgan fingerprint density at radius 3 is 2.20 bits per heavy atom. The smallest absolute Gasteiger partial charge is 0.182 e. The van der Waals surface area contributed by atoms with Crippen LogP contribution in [0.5, 0.6) is 28.7 Å². The zero-order chi connectivity index (χ0) is 18.0. The second-order valence-corrected chi connectivity index (χ2v) is 5.53. The van der Waals surface area contributed by atoms with E-state index in [-0.39, 0.29) is 12.2 Å². The molecule has 1 aliphatic rings. The minimum absolute atomic E-state index is 0.0636. The highest BCUT2D eigenvalue weighted by Crippen LogP contribution is 2.43. The number of hydrogen-bond acceptors (Lipinski definition) is 6. The molecule has 0 spiro atoms. The fourth-order valence-corrected chi connectivity index (χ4v) is 2.98. The molecule has 0 aliphatic carbocycles. The Labute approximate surface area is 146 Å². The minimum atomic E-state index is -0.703. The van der Waals surface area contributed by atoms with E-state index in [0.29, 0.717) is 39.9 Å². The van der Waals surface area contributed by atoms with Crippen molar-refractivity contribution in [3.63, 3.8) is 0 Å². The highest BCUT2D eigenvalue weighted by Gasteiger charge is 2.33. The Kier molecular flexibility index (Phi) is 4.70. The van der Waals surface area contributed by atoms with E-state index in [1.165, 1.54) is 0 Å². The van der Waals surface area contributed by atoms with Crippen molar-refractivity contribution >= 4 is 5.78 Å². The lowest BCUT2D eigenvalue weighted by molar-refractivity contribution is -0.126. The Morgan fingerprint density at radius 1 is 0.880 bits per heavy atom. The molecule has 0 N–H and O–H groups in total. The summed E-state index contributed by atoms with van der Waals surface area (Å²) < 4.78 is 27.2. The molecule has 1 heterocycles. The van der Waals surface area contributed by atoms with Gasteiger partial charge in [-0.05, 0) is 24.3 Å². The van der Waals surface area contributed by atoms with E-state index in [9.17, 15) is 4.79 Å². The van der Waals surface area contributed by atoms with Crippen LogP contribution in [-0.4, -0.2) is 34.2 Å². The van der Waals surface area contributed by atoms with Crippen molar-refractivity contribution in [3.8, 4) is 28.7 Å². The Bertz CT molecular complexity index is 799. The van der Waals surface area contributed by atoms with Gasteiger partial charge in [0.1, 0.15) is 5.75 Å². The van der Waals surface area contributed by atoms with Crippen molar-refractivity contribution in [1.82, 2.24) is 0 Å². The maximum Gasteiger partial charge on any atom is 0.182 e. The molecule has 0 amide bonds. The van der Waals surface area contributed by atoms with Crippen molar-refractivity contribution in [2.45, 2.75) is 12.5 Å². The number of hydrogen-bond donors (Lipinski definition) is 0. The third-order valence-electron chi connectivity index (χ3n) is 4.20. The molecule has 2 aromatic rings. The van der Waals surface area contributed by atoms with E-state index in [4.69, 9.17) is 23.7 Å². The van der Waals surface area contributed by atoms with Crippen LogP contribution in [0, 0.1) is 0 Å². The topological polar surface area (TPSA) is 63.2 Å². The number of benzene rings is 2. The van der Waals surface area contributed by atoms with E-state index in [1.54, 1.807) is 58.8 Å². The first-order valence-corrected chi connectivity index (χ1v) is 7.78. The first-order valence-electron chi connectivity index (χ1n) is 7.78. The van der Waals surface area contributed by atoms with Gasteiger partial charge in [0.05, 0.1) is 28.4 Å². The van der Waals surface area contributed by atoms with Gasteiger partial charge in [0, 0.05) is 17.5 Å². The van der Waals surface area contributed by atoms with Crippen LogP contribution in [0.25, 0.3) is 0 Å². The SMILES string of the molecule is COc1ccc(C2Oc3ccc(OC)c(OC)c3CC2=O)cc1OC. The molecular formula is C19H20O6. The van der Waals surface area contributed by atoms with Crippen molar-refractivity contribution in [2.75, 3.05) is 28.4 Å². The Morgan fingerprint density at radius 2 is 1.56 bits per heavy atom. The van der Waals surface area contributed by atoms with Gasteiger partial charge in [0.2, 0.25) is 0 Å². The summed E-state index contributed by atoms with van der Waals surface area (Å²) in [5.41, 5.74) is 1.41. The lowest BCUT2D eigenvalue weighted by Crippen LogP contribution is -2.26. The summed E-state index contributed by atoms with van der Waals surface area (Å²) in [5, 5.41) is 0. The first-order chi connectivity index (χ1) is 12.1. The predicted molar refractivity (Wildman–Crippen MR) is 91.2 cm³/mol. The van der Waals surface area contributed by atoms with Gasteiger partial charge >= 0.3 is 0 Å². The fourth-order valence-electron chi connectivity index (χ4n) is 2.98. The molecule has 0 radical (unpaired) electrons. The van der Waals surface area contributed by atoms with Gasteiger partial charge in [0.15, 0.2) is 34.9 Å². The van der Waals surface area contributed by atoms with E-state index in [0.717, 1.165) is 0 Å². The van der Waals surface area contributed by atoms with E-state index >= 15 is 0 Å². The highest BCUT2D eigenvalue weighted by atomic mass is 16.5. The number of fused-ring (bicyclic) bond motifs is 1. The van der Waals surface area contributed by atoms with Crippen LogP contribution in [0.1, 0.15) is 17.2 Å². The largest absolute Gasteiger partial charge is 0.493 e. The van der Waals surface area contributed by atoms with Crippen molar-refractivity contribution in [2.24, 2.45) is 0 Å². The molecule has 0 saturated carbocycles. The molecular weight excluding hydrogens is 324 g/mol. The standard InChI is InChI=1S/C19H20O6/c1-21-15-6-5-11(9-17(15)23-3)18-13(20)10-12-14(25-18)7-8-16(22-2)19(12)24-4/h5-9,18H,10H2,1-4H3. The second-order valence-electron chi connectivity index (χ2n) is 5.53. The normalized spacial score (nSPS) is 15.8. The van der Waals surface area contributed by atoms with E-state index < -0.39 is 6.10 Å². The molecule has 1 atom stereocenters. The summed E-state index contributed by atoms with van der Waals surface area (Å²) in [7, 11) is 6.22. The average Bonchev–Trinajstić information content (AvgIpc) is 2.65. The molecule has 1 unspecified atom stereocenters. The zero-order valence-electron chi connectivity index (χ0n) is 14.6. The maximum atomic E-state index is 12.7. The summed E-state index contributed by atoms with van der Waals surface area (Å²) in [4.78, 5) is 12.7. The van der Waals surface area contributed by atoms with Gasteiger partial charge in [0.25, 0.3) is 0 Å². The molecule has 2 aromatic carbocycles. The number of rotatable bonds is 5. The van der Waals surface area contributed by atoms with Crippen LogP contribution in [0.4, 0.5) is 0 Å². The fraction of sp³-hybridized carbons (Fsp3) is 0.316. The number of Topliss-reactive ketones (excluding diaryl/α,β-unsaturated/α-hetero) is 1. The average molecular weight is 344 g/mol. The molecule has 0 saturated heterocycles. The molecule has 25 heavy (non-hydrogen) atoms. The molecule has 0 fully saturated rings. The summed E-state index contributed by atoms with van der Waals surface area (Å²) in [5.74, 6) is 2.79. The summed E-state index contributed by atoms with van der Waals surface area (Å²) in [6.45, 7) is 0. The van der Waals surface area contributed by atoms with Crippen molar-refractivity contribution in [3.05, 3.63) is 41.5 Å². The molecule has 0 aromatic heterocycles. The molecule has 3 rings (SSSR count). The monoisotopic (exact) mass is 344 g/mol. The zero-order valence-corrected chi connectivity index (χ0v) is 14.6. The van der Waals surface area contributed by atoms with Crippen LogP contribution in [0.3, 0.4) is 0 Å². The van der Waals surface area contributed by atoms with E-state index in [2.05, 4.69) is 0 Å². The van der Waals surface area contributed by atoms with Crippen LogP contribution < -0.4 is 23.7 Å². The highest BCUT2D eigenvalue weighted by molar-refractivity contribution is 5.90. The molecule has 6 heteroatoms. The van der Waals surface area contributed by atoms with Crippen LogP contribution >= 0.6 is 0 Å². The number of ether oxygens (including phenoxy) is 5. The number of ketones is 1. The second kappa shape index (κ2) is 6.93. The Balaban J connectivity index is 1.99. The van der Waals surface area contributed by atoms with Crippen molar-refractivity contribution in [1.29, 1.82) is 0 Å². The summed E-state index contributed by atoms with van der Waals surface area (Å²) >= 11 is 0. The number of carbonyl (C=O) groups is 1. The van der Waals surface area contributed by atoms with Gasteiger partial charge in [-0.1, -0.05) is 6.07 Å². The van der Waals surface area contributed by atoms with Crippen LogP contribution in [0.2, 0.25) is 0 Å². The molecule has 1 aliphatic heterocycles. The third-order valence-corrected chi connectivity index (χ3v) is 4.20. The van der Waals surface area contributed by atoms with Crippen molar-refractivity contribution < 1.29 is 28.5 Å². The maximum absolute atomic E-state index is 12.7. The number of methoxy groups -OCH3 is 4. The molecule has 0 bridgehead atoms. The van der Waals surface area contributed by atoms with Crippen LogP contribution in [0.15, 0.2) is 30.3 Å². The molecule has 6 nitrogen and oxygen atoms in total. The number of carbonyl (C=O) groups excluding carboxylic acids is 1. The van der Waals surface area contributed by atoms with E-state index in [1.807, 2.05) is 0 Å². The predicted octanol–water partition coefficient (Wildman–Crippen LogP) is 2.97. The van der Waals surface area contributed by atoms with Gasteiger partial charge in [-0.15, -0.1) is 0 Å². The van der Waals surface area contributed by atoms with Gasteiger partial charge in [-0.25, -0.2) is 0 Å².